The van der Waals surface area contributed by atoms with E-state index in [0.717, 1.165) is 38.8 Å². The number of aromatic nitrogens is 3. The number of rotatable bonds is 19. The van der Waals surface area contributed by atoms with Crippen LogP contribution < -0.4 is 16.1 Å². The molecule has 1 fully saturated rings. The van der Waals surface area contributed by atoms with Crippen LogP contribution in [0.3, 0.4) is 0 Å². The summed E-state index contributed by atoms with van der Waals surface area (Å²) >= 11 is 2.95. The molecule has 1 aliphatic rings. The second-order valence-corrected chi connectivity index (χ2v) is 19.0. The van der Waals surface area contributed by atoms with Gasteiger partial charge < -0.3 is 30.3 Å². The SMILES string of the molecule is CCC(C)C(C(=O)NC(Cc1ccccc1)C(O)CN(Cc1ccc(-c2ccccn2)cc1)NC(=O)C(NC(=O)OC)C(C)(C)C)N1CCN(C(c2cscn2)c2csc(C)n2)C1=O. The number of nitrogens with zero attached hydrogens (tertiary/aromatic N) is 6. The summed E-state index contributed by atoms with van der Waals surface area (Å²) in [6.45, 7) is 12.1. The molecule has 5 amide bonds. The van der Waals surface area contributed by atoms with E-state index in [4.69, 9.17) is 9.72 Å². The van der Waals surface area contributed by atoms with E-state index >= 15 is 0 Å². The van der Waals surface area contributed by atoms with Crippen LogP contribution in [0.1, 0.15) is 74.6 Å². The van der Waals surface area contributed by atoms with E-state index in [9.17, 15) is 24.3 Å². The maximum atomic E-state index is 14.8. The number of aryl methyl sites for hydroxylation is 1. The van der Waals surface area contributed by atoms with Crippen molar-refractivity contribution in [2.45, 2.75) is 91.2 Å². The molecule has 6 atom stereocenters. The maximum absolute atomic E-state index is 14.8. The van der Waals surface area contributed by atoms with Crippen LogP contribution in [0.2, 0.25) is 0 Å². The lowest BCUT2D eigenvalue weighted by atomic mass is 9.86. The molecule has 17 heteroatoms. The van der Waals surface area contributed by atoms with Crippen LogP contribution >= 0.6 is 22.7 Å². The number of aliphatic hydroxyl groups excluding tert-OH is 1. The minimum atomic E-state index is -1.23. The quantitative estimate of drug-likeness (QED) is 0.0659. The van der Waals surface area contributed by atoms with E-state index in [1.54, 1.807) is 26.5 Å². The van der Waals surface area contributed by atoms with E-state index in [1.807, 2.05) is 125 Å². The number of hydrazine groups is 1. The van der Waals surface area contributed by atoms with Crippen molar-refractivity contribution in [2.24, 2.45) is 11.3 Å². The van der Waals surface area contributed by atoms with Gasteiger partial charge in [0.15, 0.2) is 0 Å². The molecule has 2 aromatic carbocycles. The standard InChI is InChI=1S/C47H59N9O6S2/c1-8-30(2)40(55-22-23-56(46(55)61)41(37-27-63-29-49-37)38-28-64-31(3)50-38)43(58)51-36(24-32-14-10-9-11-15-32)39(57)26-54(53-44(59)42(47(4,5)6)52-45(60)62-7)25-33-17-19-34(20-18-33)35-16-12-13-21-48-35/h9-21,27-30,36,39-42,57H,8,22-26H2,1-7H3,(H,51,58)(H,52,60)(H,53,59). The van der Waals surface area contributed by atoms with E-state index in [-0.39, 0.29) is 31.5 Å². The van der Waals surface area contributed by atoms with Crippen LogP contribution in [0.4, 0.5) is 9.59 Å². The van der Waals surface area contributed by atoms with Crippen molar-refractivity contribution < 1.29 is 29.0 Å². The van der Waals surface area contributed by atoms with Gasteiger partial charge in [-0.2, -0.15) is 0 Å². The van der Waals surface area contributed by atoms with Gasteiger partial charge in [0, 0.05) is 48.7 Å². The number of pyridine rings is 1. The topological polar surface area (TPSA) is 182 Å². The Morgan fingerprint density at radius 1 is 0.906 bits per heavy atom. The number of hydrogen-bond donors (Lipinski definition) is 4. The smallest absolute Gasteiger partial charge is 0.407 e. The number of thiazole rings is 2. The van der Waals surface area contributed by atoms with Gasteiger partial charge in [0.25, 0.3) is 5.91 Å². The second kappa shape index (κ2) is 21.8. The van der Waals surface area contributed by atoms with E-state index in [1.165, 1.54) is 29.8 Å². The molecule has 0 spiro atoms. The first-order valence-corrected chi connectivity index (χ1v) is 23.3. The van der Waals surface area contributed by atoms with Gasteiger partial charge in [-0.3, -0.25) is 20.0 Å². The van der Waals surface area contributed by atoms with Gasteiger partial charge in [0.1, 0.15) is 18.1 Å². The van der Waals surface area contributed by atoms with E-state index in [2.05, 4.69) is 26.0 Å². The minimum absolute atomic E-state index is 0.118. The zero-order valence-electron chi connectivity index (χ0n) is 37.4. The zero-order chi connectivity index (χ0) is 46.0. The highest BCUT2D eigenvalue weighted by molar-refractivity contribution is 7.09. The van der Waals surface area contributed by atoms with Crippen molar-refractivity contribution in [1.29, 1.82) is 0 Å². The van der Waals surface area contributed by atoms with Crippen LogP contribution in [0.15, 0.2) is 95.3 Å². The third kappa shape index (κ3) is 12.1. The van der Waals surface area contributed by atoms with Gasteiger partial charge in [-0.15, -0.1) is 22.7 Å². The monoisotopic (exact) mass is 909 g/mol. The Hall–Kier alpha value is -5.75. The molecule has 6 unspecified atom stereocenters. The van der Waals surface area contributed by atoms with Crippen LogP contribution in [0.25, 0.3) is 11.3 Å². The van der Waals surface area contributed by atoms with Crippen molar-refractivity contribution in [3.8, 4) is 11.3 Å². The molecule has 1 aliphatic heterocycles. The van der Waals surface area contributed by atoms with Crippen molar-refractivity contribution >= 4 is 46.6 Å². The summed E-state index contributed by atoms with van der Waals surface area (Å²) < 4.78 is 4.85. The highest BCUT2D eigenvalue weighted by Gasteiger charge is 2.44. The number of carbonyl (C=O) groups is 4. The third-order valence-electron chi connectivity index (χ3n) is 11.5. The van der Waals surface area contributed by atoms with Gasteiger partial charge in [0.05, 0.1) is 46.9 Å². The average Bonchev–Trinajstić information content (AvgIpc) is 4.06. The van der Waals surface area contributed by atoms with Gasteiger partial charge in [-0.25, -0.2) is 24.6 Å². The summed E-state index contributed by atoms with van der Waals surface area (Å²) in [5.74, 6) is -1.15. The summed E-state index contributed by atoms with van der Waals surface area (Å²) in [6.07, 6.45) is 0.606. The predicted octanol–water partition coefficient (Wildman–Crippen LogP) is 6.60. The molecule has 1 saturated heterocycles. The van der Waals surface area contributed by atoms with Crippen molar-refractivity contribution in [1.82, 2.24) is 45.8 Å². The lowest BCUT2D eigenvalue weighted by Gasteiger charge is -2.36. The number of urea groups is 1. The Labute approximate surface area is 383 Å². The number of amides is 5. The summed E-state index contributed by atoms with van der Waals surface area (Å²) in [6, 6.07) is 19.4. The first-order chi connectivity index (χ1) is 30.7. The highest BCUT2D eigenvalue weighted by Crippen LogP contribution is 2.34. The van der Waals surface area contributed by atoms with Gasteiger partial charge >= 0.3 is 12.1 Å². The maximum Gasteiger partial charge on any atom is 0.407 e. The number of ether oxygens (including phenoxy) is 1. The Kier molecular flexibility index (Phi) is 16.2. The summed E-state index contributed by atoms with van der Waals surface area (Å²) in [5.41, 5.74) is 8.85. The summed E-state index contributed by atoms with van der Waals surface area (Å²) in [4.78, 5) is 72.9. The van der Waals surface area contributed by atoms with Crippen molar-refractivity contribution in [3.63, 3.8) is 0 Å². The fraction of sp³-hybridized carbons (Fsp3) is 0.426. The predicted molar refractivity (Wildman–Crippen MR) is 248 cm³/mol. The van der Waals surface area contributed by atoms with Crippen LogP contribution in [-0.4, -0.2) is 110 Å². The molecule has 0 saturated carbocycles. The van der Waals surface area contributed by atoms with Crippen molar-refractivity contribution in [3.05, 3.63) is 123 Å². The lowest BCUT2D eigenvalue weighted by molar-refractivity contribution is -0.132. The highest BCUT2D eigenvalue weighted by atomic mass is 32.1. The molecule has 4 heterocycles. The number of methoxy groups -OCH3 is 1. The van der Waals surface area contributed by atoms with Crippen LogP contribution in [0, 0.1) is 18.3 Å². The number of alkyl carbamates (subject to hydrolysis) is 1. The second-order valence-electron chi connectivity index (χ2n) is 17.2. The first-order valence-electron chi connectivity index (χ1n) is 21.5. The minimum Gasteiger partial charge on any atom is -0.453 e. The fourth-order valence-electron chi connectivity index (χ4n) is 7.86. The molecule has 0 aliphatic carbocycles. The third-order valence-corrected chi connectivity index (χ3v) is 12.8. The molecule has 4 N–H and O–H groups in total. The average molecular weight is 910 g/mol. The van der Waals surface area contributed by atoms with E-state index < -0.39 is 53.6 Å². The number of carbonyl (C=O) groups excluding carboxylic acids is 4. The molecule has 0 bridgehead atoms. The number of nitrogens with one attached hydrogen (secondary N) is 3. The molecule has 340 valence electrons. The first kappa shape index (κ1) is 47.7. The van der Waals surface area contributed by atoms with E-state index in [0.29, 0.717) is 19.5 Å². The molecule has 64 heavy (non-hydrogen) atoms. The van der Waals surface area contributed by atoms with Gasteiger partial charge in [-0.05, 0) is 47.9 Å². The molecular weight excluding hydrogens is 851 g/mol. The lowest BCUT2D eigenvalue weighted by Crippen LogP contribution is -2.60. The van der Waals surface area contributed by atoms with Gasteiger partial charge in [-0.1, -0.05) is 102 Å². The number of hydrogen-bond acceptors (Lipinski definition) is 12. The molecule has 15 nitrogen and oxygen atoms in total. The Morgan fingerprint density at radius 2 is 1.62 bits per heavy atom. The molecule has 3 aromatic heterocycles. The van der Waals surface area contributed by atoms with Crippen LogP contribution in [-0.2, 0) is 27.3 Å². The van der Waals surface area contributed by atoms with Gasteiger partial charge in [0.2, 0.25) is 5.91 Å². The van der Waals surface area contributed by atoms with Crippen LogP contribution in [0.5, 0.6) is 0 Å². The Morgan fingerprint density at radius 3 is 2.23 bits per heavy atom. The Bertz CT molecular complexity index is 2290. The largest absolute Gasteiger partial charge is 0.453 e. The number of benzene rings is 2. The zero-order valence-corrected chi connectivity index (χ0v) is 39.1. The Balaban J connectivity index is 1.28. The normalized spacial score (nSPS) is 15.9. The molecule has 5 aromatic rings. The summed E-state index contributed by atoms with van der Waals surface area (Å²) in [5, 5.41) is 24.5. The molecule has 6 rings (SSSR count). The molecular formula is C47H59N9O6S2. The van der Waals surface area contributed by atoms with Crippen molar-refractivity contribution in [2.75, 3.05) is 26.7 Å². The summed E-state index contributed by atoms with van der Waals surface area (Å²) in [7, 11) is 1.23. The number of aliphatic hydroxyl groups is 1. The molecule has 0 radical (unpaired) electrons. The fourth-order valence-corrected chi connectivity index (χ4v) is 9.07.